The third-order valence-corrected chi connectivity index (χ3v) is 5.07. The lowest BCUT2D eigenvalue weighted by Crippen LogP contribution is -2.24. The van der Waals surface area contributed by atoms with Gasteiger partial charge in [0.2, 0.25) is 0 Å². The van der Waals surface area contributed by atoms with Gasteiger partial charge >= 0.3 is 0 Å². The summed E-state index contributed by atoms with van der Waals surface area (Å²) in [5.74, 6) is 1.13. The normalized spacial score (nSPS) is 10.8. The lowest BCUT2D eigenvalue weighted by Gasteiger charge is -2.10. The first kappa shape index (κ1) is 19.7. The first-order valence-corrected chi connectivity index (χ1v) is 9.66. The molecule has 0 radical (unpaired) electrons. The number of amides is 1. The number of H-pyrrole nitrogens is 1. The van der Waals surface area contributed by atoms with Crippen molar-refractivity contribution in [3.63, 3.8) is 0 Å². The second-order valence-electron chi connectivity index (χ2n) is 6.69. The molecule has 0 atom stereocenters. The maximum Gasteiger partial charge on any atom is 0.262 e. The van der Waals surface area contributed by atoms with E-state index in [0.29, 0.717) is 28.8 Å². The molecule has 0 fully saturated rings. The number of rotatable bonds is 6. The van der Waals surface area contributed by atoms with Gasteiger partial charge in [-0.1, -0.05) is 12.1 Å². The molecule has 0 saturated carbocycles. The third-order valence-electron chi connectivity index (χ3n) is 4.75. The quantitative estimate of drug-likeness (QED) is 0.464. The van der Waals surface area contributed by atoms with Crippen molar-refractivity contribution >= 4 is 29.0 Å². The van der Waals surface area contributed by atoms with E-state index >= 15 is 0 Å². The van der Waals surface area contributed by atoms with E-state index in [1.165, 1.54) is 4.57 Å². The molecule has 2 N–H and O–H groups in total. The van der Waals surface area contributed by atoms with Crippen LogP contribution >= 0.6 is 12.2 Å². The van der Waals surface area contributed by atoms with Crippen LogP contribution in [0.1, 0.15) is 21.7 Å². The molecule has 152 valence electrons. The largest absolute Gasteiger partial charge is 0.497 e. The molecule has 0 aliphatic carbocycles. The summed E-state index contributed by atoms with van der Waals surface area (Å²) in [7, 11) is 1.60. The Morgan fingerprint density at radius 3 is 2.70 bits per heavy atom. The summed E-state index contributed by atoms with van der Waals surface area (Å²) in [4.78, 5) is 28.5. The van der Waals surface area contributed by atoms with E-state index in [0.717, 1.165) is 11.3 Å². The van der Waals surface area contributed by atoms with Gasteiger partial charge < -0.3 is 19.5 Å². The number of furan rings is 1. The Morgan fingerprint density at radius 1 is 1.20 bits per heavy atom. The second kappa shape index (κ2) is 8.38. The monoisotopic (exact) mass is 421 g/mol. The SMILES string of the molecule is COc1ccc(Cn2c(=S)[nH]c3cc(C(=O)NCc4ccco4)ccc3c2=O)cc1. The van der Waals surface area contributed by atoms with Gasteiger partial charge in [-0.25, -0.2) is 0 Å². The Balaban J connectivity index is 1.60. The van der Waals surface area contributed by atoms with Gasteiger partial charge in [0.1, 0.15) is 11.5 Å². The van der Waals surface area contributed by atoms with Crippen molar-refractivity contribution in [3.8, 4) is 5.75 Å². The number of hydrogen-bond donors (Lipinski definition) is 2. The molecule has 0 bridgehead atoms. The summed E-state index contributed by atoms with van der Waals surface area (Å²) in [5, 5.41) is 3.24. The highest BCUT2D eigenvalue weighted by atomic mass is 32.1. The van der Waals surface area contributed by atoms with Crippen molar-refractivity contribution in [3.05, 3.63) is 92.9 Å². The number of benzene rings is 2. The fraction of sp³-hybridized carbons (Fsp3) is 0.136. The van der Waals surface area contributed by atoms with E-state index in [9.17, 15) is 9.59 Å². The molecule has 0 unspecified atom stereocenters. The predicted octanol–water partition coefficient (Wildman–Crippen LogP) is 3.64. The van der Waals surface area contributed by atoms with E-state index in [1.54, 1.807) is 43.7 Å². The Hall–Kier alpha value is -3.65. The van der Waals surface area contributed by atoms with Crippen molar-refractivity contribution in [1.29, 1.82) is 0 Å². The van der Waals surface area contributed by atoms with Crippen LogP contribution in [0.2, 0.25) is 0 Å². The standard InChI is InChI=1S/C22H19N3O4S/c1-28-16-7-4-14(5-8-16)13-25-21(27)18-9-6-15(11-19(18)24-22(25)30)20(26)23-12-17-3-2-10-29-17/h2-11H,12-13H2,1H3,(H,23,26)(H,24,30). The molecule has 0 saturated heterocycles. The van der Waals surface area contributed by atoms with Gasteiger partial charge in [-0.05, 0) is 60.2 Å². The molecule has 2 aromatic carbocycles. The highest BCUT2D eigenvalue weighted by molar-refractivity contribution is 7.71. The van der Waals surface area contributed by atoms with Crippen LogP contribution in [-0.2, 0) is 13.1 Å². The molecular formula is C22H19N3O4S. The molecular weight excluding hydrogens is 402 g/mol. The van der Waals surface area contributed by atoms with Crippen LogP contribution in [0.4, 0.5) is 0 Å². The minimum Gasteiger partial charge on any atom is -0.497 e. The van der Waals surface area contributed by atoms with Crippen LogP contribution in [0, 0.1) is 4.77 Å². The Kier molecular flexibility index (Phi) is 5.49. The fourth-order valence-corrected chi connectivity index (χ4v) is 3.39. The first-order chi connectivity index (χ1) is 14.5. The van der Waals surface area contributed by atoms with Gasteiger partial charge in [-0.15, -0.1) is 0 Å². The minimum atomic E-state index is -0.268. The molecule has 0 spiro atoms. The van der Waals surface area contributed by atoms with Crippen LogP contribution in [0.5, 0.6) is 5.75 Å². The van der Waals surface area contributed by atoms with Crippen molar-refractivity contribution in [2.24, 2.45) is 0 Å². The van der Waals surface area contributed by atoms with Crippen LogP contribution < -0.4 is 15.6 Å². The number of hydrogen-bond acceptors (Lipinski definition) is 5. The van der Waals surface area contributed by atoms with Crippen molar-refractivity contribution in [1.82, 2.24) is 14.9 Å². The smallest absolute Gasteiger partial charge is 0.262 e. The second-order valence-corrected chi connectivity index (χ2v) is 7.08. The Labute approximate surface area is 176 Å². The van der Waals surface area contributed by atoms with E-state index in [4.69, 9.17) is 21.4 Å². The van der Waals surface area contributed by atoms with Gasteiger partial charge in [0.25, 0.3) is 11.5 Å². The highest BCUT2D eigenvalue weighted by Crippen LogP contribution is 2.14. The summed E-state index contributed by atoms with van der Waals surface area (Å²) in [6, 6.07) is 15.9. The summed E-state index contributed by atoms with van der Waals surface area (Å²) in [5.41, 5.74) is 1.64. The van der Waals surface area contributed by atoms with Gasteiger partial charge in [0.15, 0.2) is 4.77 Å². The topological polar surface area (TPSA) is 89.3 Å². The van der Waals surface area contributed by atoms with Gasteiger partial charge in [-0.2, -0.15) is 0 Å². The zero-order chi connectivity index (χ0) is 21.1. The number of methoxy groups -OCH3 is 1. The van der Waals surface area contributed by atoms with Gasteiger partial charge in [-0.3, -0.25) is 14.2 Å². The number of carbonyl (C=O) groups excluding carboxylic acids is 1. The molecule has 0 aliphatic rings. The number of nitrogens with zero attached hydrogens (tertiary/aromatic N) is 1. The van der Waals surface area contributed by atoms with Gasteiger partial charge in [0, 0.05) is 5.56 Å². The zero-order valence-corrected chi connectivity index (χ0v) is 17.0. The number of carbonyl (C=O) groups is 1. The lowest BCUT2D eigenvalue weighted by atomic mass is 10.1. The molecule has 2 heterocycles. The number of aromatic amines is 1. The van der Waals surface area contributed by atoms with Crippen LogP contribution in [0.3, 0.4) is 0 Å². The Bertz CT molecular complexity index is 1310. The molecule has 7 nitrogen and oxygen atoms in total. The van der Waals surface area contributed by atoms with Crippen molar-refractivity contribution < 1.29 is 13.9 Å². The average Bonchev–Trinajstić information content (AvgIpc) is 3.28. The lowest BCUT2D eigenvalue weighted by molar-refractivity contribution is 0.0948. The molecule has 0 aliphatic heterocycles. The number of ether oxygens (including phenoxy) is 1. The van der Waals surface area contributed by atoms with Crippen molar-refractivity contribution in [2.75, 3.05) is 7.11 Å². The third kappa shape index (κ3) is 4.04. The molecule has 1 amide bonds. The first-order valence-electron chi connectivity index (χ1n) is 9.25. The maximum absolute atomic E-state index is 13.0. The average molecular weight is 421 g/mol. The van der Waals surface area contributed by atoms with Crippen LogP contribution in [0.25, 0.3) is 10.9 Å². The number of nitrogens with one attached hydrogen (secondary N) is 2. The van der Waals surface area contributed by atoms with E-state index < -0.39 is 0 Å². The van der Waals surface area contributed by atoms with E-state index in [-0.39, 0.29) is 22.8 Å². The summed E-state index contributed by atoms with van der Waals surface area (Å²) in [6.45, 7) is 0.614. The predicted molar refractivity (Wildman–Crippen MR) is 115 cm³/mol. The zero-order valence-electron chi connectivity index (χ0n) is 16.2. The molecule has 4 aromatic rings. The van der Waals surface area contributed by atoms with Crippen LogP contribution in [0.15, 0.2) is 70.1 Å². The summed E-state index contributed by atoms with van der Waals surface area (Å²) >= 11 is 5.40. The van der Waals surface area contributed by atoms with Crippen molar-refractivity contribution in [2.45, 2.75) is 13.1 Å². The highest BCUT2D eigenvalue weighted by Gasteiger charge is 2.11. The molecule has 4 rings (SSSR count). The maximum atomic E-state index is 13.0. The summed E-state index contributed by atoms with van der Waals surface area (Å²) < 4.78 is 12.2. The minimum absolute atomic E-state index is 0.216. The van der Waals surface area contributed by atoms with E-state index in [1.807, 2.05) is 24.3 Å². The summed E-state index contributed by atoms with van der Waals surface area (Å²) in [6.07, 6.45) is 1.55. The molecule has 8 heteroatoms. The Morgan fingerprint density at radius 2 is 2.00 bits per heavy atom. The fourth-order valence-electron chi connectivity index (χ4n) is 3.14. The van der Waals surface area contributed by atoms with Crippen LogP contribution in [-0.4, -0.2) is 22.6 Å². The van der Waals surface area contributed by atoms with E-state index in [2.05, 4.69) is 10.3 Å². The van der Waals surface area contributed by atoms with Gasteiger partial charge in [0.05, 0.1) is 37.4 Å². The number of aromatic nitrogens is 2. The molecule has 30 heavy (non-hydrogen) atoms. The number of fused-ring (bicyclic) bond motifs is 1. The molecule has 2 aromatic heterocycles.